The van der Waals surface area contributed by atoms with Gasteiger partial charge in [-0.05, 0) is 58.7 Å². The standard InChI is InChI=1S/C32H26N4O4/c37-30(22-9-5-17-33-19-22)34-25-15-13-20-7-1-3-10-23(20)28(25)29-24-11-4-2-8-21(24)14-16-26(29)35-32(40)36-18-6-12-27(36)31(38)39/h1-5,7-11,13-17,19,27H,6,12,18H2,(H,34,37)(H,35,40)(H,38,39). The lowest BCUT2D eigenvalue weighted by Crippen LogP contribution is -2.42. The Kier molecular flexibility index (Phi) is 6.57. The summed E-state index contributed by atoms with van der Waals surface area (Å²) in [6.45, 7) is 0.367. The fourth-order valence-electron chi connectivity index (χ4n) is 5.44. The third-order valence-corrected chi connectivity index (χ3v) is 7.32. The molecular formula is C32H26N4O4. The Morgan fingerprint density at radius 2 is 1.40 bits per heavy atom. The number of aromatic nitrogens is 1. The second kappa shape index (κ2) is 10.5. The molecule has 0 aliphatic carbocycles. The number of hydrogen-bond acceptors (Lipinski definition) is 4. The zero-order valence-electron chi connectivity index (χ0n) is 21.5. The monoisotopic (exact) mass is 530 g/mol. The van der Waals surface area contributed by atoms with Crippen molar-refractivity contribution in [3.63, 3.8) is 0 Å². The Balaban J connectivity index is 1.54. The topological polar surface area (TPSA) is 112 Å². The van der Waals surface area contributed by atoms with Crippen LogP contribution in [0.2, 0.25) is 0 Å². The van der Waals surface area contributed by atoms with E-state index in [0.717, 1.165) is 32.7 Å². The van der Waals surface area contributed by atoms with Crippen LogP contribution in [-0.2, 0) is 4.79 Å². The first kappa shape index (κ1) is 25.1. The van der Waals surface area contributed by atoms with Gasteiger partial charge in [0.1, 0.15) is 6.04 Å². The molecule has 1 aromatic heterocycles. The minimum atomic E-state index is -1.01. The third kappa shape index (κ3) is 4.60. The number of amides is 3. The lowest BCUT2D eigenvalue weighted by Gasteiger charge is -2.24. The largest absolute Gasteiger partial charge is 0.480 e. The number of carboxylic acid groups (broad SMARTS) is 1. The van der Waals surface area contributed by atoms with Gasteiger partial charge in [-0.1, -0.05) is 60.7 Å². The zero-order chi connectivity index (χ0) is 27.6. The van der Waals surface area contributed by atoms with Gasteiger partial charge in [-0.15, -0.1) is 0 Å². The van der Waals surface area contributed by atoms with Crippen molar-refractivity contribution < 1.29 is 19.5 Å². The Hall–Kier alpha value is -5.24. The Morgan fingerprint density at radius 3 is 2.00 bits per heavy atom. The number of pyridine rings is 1. The number of fused-ring (bicyclic) bond motifs is 2. The van der Waals surface area contributed by atoms with E-state index in [1.807, 2.05) is 72.8 Å². The lowest BCUT2D eigenvalue weighted by atomic mass is 9.91. The van der Waals surface area contributed by atoms with E-state index in [2.05, 4.69) is 15.6 Å². The summed E-state index contributed by atoms with van der Waals surface area (Å²) in [5.74, 6) is -1.32. The van der Waals surface area contributed by atoms with Gasteiger partial charge < -0.3 is 20.6 Å². The summed E-state index contributed by atoms with van der Waals surface area (Å²) < 4.78 is 0. The first-order valence-corrected chi connectivity index (χ1v) is 13.1. The number of likely N-dealkylation sites (tertiary alicyclic amines) is 1. The van der Waals surface area contributed by atoms with Gasteiger partial charge in [0.2, 0.25) is 0 Å². The molecule has 6 rings (SSSR count). The molecule has 2 heterocycles. The highest BCUT2D eigenvalue weighted by atomic mass is 16.4. The smallest absolute Gasteiger partial charge is 0.326 e. The molecule has 40 heavy (non-hydrogen) atoms. The maximum Gasteiger partial charge on any atom is 0.326 e. The van der Waals surface area contributed by atoms with E-state index in [4.69, 9.17) is 0 Å². The normalized spacial score (nSPS) is 14.8. The van der Waals surface area contributed by atoms with Crippen LogP contribution in [-0.4, -0.2) is 45.5 Å². The van der Waals surface area contributed by atoms with Crippen LogP contribution in [0.15, 0.2) is 97.3 Å². The molecule has 1 atom stereocenters. The molecule has 8 nitrogen and oxygen atoms in total. The number of carbonyl (C=O) groups is 3. The molecule has 8 heteroatoms. The Labute approximate surface area is 230 Å². The lowest BCUT2D eigenvalue weighted by molar-refractivity contribution is -0.141. The number of aliphatic carboxylic acids is 1. The highest BCUT2D eigenvalue weighted by Gasteiger charge is 2.34. The Bertz CT molecular complexity index is 1770. The minimum absolute atomic E-state index is 0.308. The summed E-state index contributed by atoms with van der Waals surface area (Å²) in [4.78, 5) is 43.9. The first-order valence-electron chi connectivity index (χ1n) is 13.1. The number of hydrogen-bond donors (Lipinski definition) is 3. The first-order chi connectivity index (χ1) is 19.5. The average Bonchev–Trinajstić information content (AvgIpc) is 3.49. The van der Waals surface area contributed by atoms with Gasteiger partial charge in [0.05, 0.1) is 11.3 Å². The van der Waals surface area contributed by atoms with Crippen LogP contribution < -0.4 is 10.6 Å². The number of anilines is 2. The highest BCUT2D eigenvalue weighted by Crippen LogP contribution is 2.44. The number of nitrogens with zero attached hydrogens (tertiary/aromatic N) is 2. The van der Waals surface area contributed by atoms with Gasteiger partial charge in [0, 0.05) is 35.8 Å². The van der Waals surface area contributed by atoms with Crippen LogP contribution in [0.4, 0.5) is 16.2 Å². The second-order valence-electron chi connectivity index (χ2n) is 9.73. The fraction of sp³-hybridized carbons (Fsp3) is 0.125. The number of carbonyl (C=O) groups excluding carboxylic acids is 2. The van der Waals surface area contributed by atoms with Crippen LogP contribution in [0.3, 0.4) is 0 Å². The van der Waals surface area contributed by atoms with Crippen LogP contribution in [0.25, 0.3) is 32.7 Å². The van der Waals surface area contributed by atoms with Crippen molar-refractivity contribution in [3.05, 3.63) is 103 Å². The molecule has 1 saturated heterocycles. The predicted molar refractivity (Wildman–Crippen MR) is 155 cm³/mol. The van der Waals surface area contributed by atoms with Gasteiger partial charge in [-0.2, -0.15) is 0 Å². The Morgan fingerprint density at radius 1 is 0.775 bits per heavy atom. The molecule has 0 bridgehead atoms. The predicted octanol–water partition coefficient (Wildman–Crippen LogP) is 6.39. The van der Waals surface area contributed by atoms with Crippen LogP contribution >= 0.6 is 0 Å². The fourth-order valence-corrected chi connectivity index (χ4v) is 5.44. The van der Waals surface area contributed by atoms with Crippen LogP contribution in [0, 0.1) is 0 Å². The van der Waals surface area contributed by atoms with Crippen molar-refractivity contribution in [2.45, 2.75) is 18.9 Å². The number of benzene rings is 4. The molecule has 5 aromatic rings. The zero-order valence-corrected chi connectivity index (χ0v) is 21.5. The molecular weight excluding hydrogens is 504 g/mol. The van der Waals surface area contributed by atoms with E-state index in [9.17, 15) is 19.5 Å². The average molecular weight is 531 g/mol. The van der Waals surface area contributed by atoms with E-state index in [0.29, 0.717) is 36.3 Å². The molecule has 3 N–H and O–H groups in total. The molecule has 0 spiro atoms. The van der Waals surface area contributed by atoms with Crippen molar-refractivity contribution in [1.29, 1.82) is 0 Å². The summed E-state index contributed by atoms with van der Waals surface area (Å²) in [6.07, 6.45) is 4.16. The van der Waals surface area contributed by atoms with Crippen LogP contribution in [0.1, 0.15) is 23.2 Å². The minimum Gasteiger partial charge on any atom is -0.480 e. The van der Waals surface area contributed by atoms with Crippen molar-refractivity contribution >= 4 is 50.8 Å². The van der Waals surface area contributed by atoms with Crippen molar-refractivity contribution in [3.8, 4) is 11.1 Å². The maximum atomic E-state index is 13.4. The van der Waals surface area contributed by atoms with Crippen molar-refractivity contribution in [2.24, 2.45) is 0 Å². The van der Waals surface area contributed by atoms with Crippen molar-refractivity contribution in [2.75, 3.05) is 17.2 Å². The summed E-state index contributed by atoms with van der Waals surface area (Å²) in [6, 6.07) is 25.3. The summed E-state index contributed by atoms with van der Waals surface area (Å²) in [5.41, 5.74) is 2.99. The van der Waals surface area contributed by atoms with Gasteiger partial charge in [-0.3, -0.25) is 9.78 Å². The molecule has 198 valence electrons. The van der Waals surface area contributed by atoms with E-state index in [1.54, 1.807) is 18.3 Å². The summed E-state index contributed by atoms with van der Waals surface area (Å²) in [5, 5.41) is 19.4. The van der Waals surface area contributed by atoms with E-state index < -0.39 is 18.0 Å². The third-order valence-electron chi connectivity index (χ3n) is 7.32. The molecule has 1 fully saturated rings. The highest BCUT2D eigenvalue weighted by molar-refractivity contribution is 6.17. The molecule has 1 unspecified atom stereocenters. The molecule has 0 saturated carbocycles. The quantitative estimate of drug-likeness (QED) is 0.244. The number of nitrogens with one attached hydrogen (secondary N) is 2. The van der Waals surface area contributed by atoms with Gasteiger partial charge in [0.15, 0.2) is 0 Å². The molecule has 4 aromatic carbocycles. The molecule has 1 aliphatic heterocycles. The molecule has 1 aliphatic rings. The van der Waals surface area contributed by atoms with Crippen LogP contribution in [0.5, 0.6) is 0 Å². The maximum absolute atomic E-state index is 13.4. The number of urea groups is 1. The summed E-state index contributed by atoms with van der Waals surface area (Å²) in [7, 11) is 0. The SMILES string of the molecule is O=C(Nc1ccc2ccccc2c1-c1c(NC(=O)N2CCCC2C(=O)O)ccc2ccccc12)c1cccnc1. The van der Waals surface area contributed by atoms with Gasteiger partial charge >= 0.3 is 12.0 Å². The number of carboxylic acids is 1. The summed E-state index contributed by atoms with van der Waals surface area (Å²) >= 11 is 0. The van der Waals surface area contributed by atoms with Gasteiger partial charge in [0.25, 0.3) is 5.91 Å². The van der Waals surface area contributed by atoms with E-state index in [-0.39, 0.29) is 5.91 Å². The number of rotatable bonds is 5. The molecule has 0 radical (unpaired) electrons. The van der Waals surface area contributed by atoms with E-state index in [1.165, 1.54) is 11.1 Å². The second-order valence-corrected chi connectivity index (χ2v) is 9.73. The van der Waals surface area contributed by atoms with Crippen molar-refractivity contribution in [1.82, 2.24) is 9.88 Å². The molecule has 3 amide bonds. The van der Waals surface area contributed by atoms with E-state index >= 15 is 0 Å². The van der Waals surface area contributed by atoms with Gasteiger partial charge in [-0.25, -0.2) is 9.59 Å².